The summed E-state index contributed by atoms with van der Waals surface area (Å²) in [4.78, 5) is 0. The van der Waals surface area contributed by atoms with Gasteiger partial charge in [-0.15, -0.1) is 0 Å². The number of nitrogens with zero attached hydrogens (tertiary/aromatic N) is 1. The number of ether oxygens (including phenoxy) is 1. The number of methoxy groups -OCH3 is 1. The van der Waals surface area contributed by atoms with Gasteiger partial charge < -0.3 is 10.1 Å². The zero-order chi connectivity index (χ0) is 12.7. The molecule has 0 unspecified atom stereocenters. The highest BCUT2D eigenvalue weighted by Gasteiger charge is 2.01. The molecule has 4 nitrogen and oxygen atoms in total. The zero-order valence-electron chi connectivity index (χ0n) is 9.66. The molecule has 0 radical (unpaired) electrons. The number of hydrogen-bond donors (Lipinski definition) is 2. The maximum absolute atomic E-state index is 5.15. The van der Waals surface area contributed by atoms with Crippen molar-refractivity contribution in [3.63, 3.8) is 0 Å². The number of hydrazone groups is 1. The van der Waals surface area contributed by atoms with Crippen molar-refractivity contribution in [1.82, 2.24) is 10.7 Å². The van der Waals surface area contributed by atoms with Crippen LogP contribution in [0.3, 0.4) is 0 Å². The molecule has 1 rings (SSSR count). The minimum atomic E-state index is 0.495. The molecule has 0 atom stereocenters. The number of benzene rings is 1. The summed E-state index contributed by atoms with van der Waals surface area (Å²) in [6, 6.07) is 5.86. The van der Waals surface area contributed by atoms with E-state index in [0.29, 0.717) is 11.7 Å². The molecule has 0 saturated heterocycles. The summed E-state index contributed by atoms with van der Waals surface area (Å²) in [6.07, 6.45) is 1.64. The van der Waals surface area contributed by atoms with Crippen LogP contribution in [0.4, 0.5) is 0 Å². The summed E-state index contributed by atoms with van der Waals surface area (Å²) >= 11 is 8.46. The highest BCUT2D eigenvalue weighted by atomic mass is 79.9. The molecule has 0 spiro atoms. The Bertz CT molecular complexity index is 423. The quantitative estimate of drug-likeness (QED) is 0.509. The molecule has 0 aliphatic carbocycles. The number of hydrogen-bond acceptors (Lipinski definition) is 3. The molecule has 2 N–H and O–H groups in total. The lowest BCUT2D eigenvalue weighted by Gasteiger charge is -2.09. The summed E-state index contributed by atoms with van der Waals surface area (Å²) in [5, 5.41) is 7.36. The van der Waals surface area contributed by atoms with Crippen LogP contribution < -0.4 is 15.5 Å². The molecule has 0 bridgehead atoms. The predicted octanol–water partition coefficient (Wildman–Crippen LogP) is 2.43. The summed E-state index contributed by atoms with van der Waals surface area (Å²) in [5.41, 5.74) is 3.79. The second kappa shape index (κ2) is 7.24. The zero-order valence-corrected chi connectivity index (χ0v) is 12.1. The molecule has 92 valence electrons. The van der Waals surface area contributed by atoms with Gasteiger partial charge in [0, 0.05) is 12.8 Å². The largest absolute Gasteiger partial charge is 0.496 e. The van der Waals surface area contributed by atoms with Gasteiger partial charge in [-0.2, -0.15) is 5.10 Å². The average Bonchev–Trinajstić information content (AvgIpc) is 2.34. The lowest BCUT2D eigenvalue weighted by Crippen LogP contribution is -2.31. The normalized spacial score (nSPS) is 10.3. The van der Waals surface area contributed by atoms with Gasteiger partial charge in [-0.1, -0.05) is 6.07 Å². The van der Waals surface area contributed by atoms with Crippen LogP contribution in [0.25, 0.3) is 0 Å². The first-order valence-corrected chi connectivity index (χ1v) is 6.21. The Hall–Kier alpha value is -1.14. The second-order valence-electron chi connectivity index (χ2n) is 3.15. The number of halogens is 1. The van der Waals surface area contributed by atoms with E-state index < -0.39 is 0 Å². The van der Waals surface area contributed by atoms with Crippen molar-refractivity contribution in [3.05, 3.63) is 28.2 Å². The molecule has 1 aromatic carbocycles. The summed E-state index contributed by atoms with van der Waals surface area (Å²) < 4.78 is 6.08. The highest BCUT2D eigenvalue weighted by molar-refractivity contribution is 9.10. The standard InChI is InChI=1S/C11H14BrN3OS/c1-3-14-15-11(17)13-7-8-4-5-10(16-2)9(12)6-8/h3-6H,7H2,1-2H3,(H2,13,15,17)/b14-3+. The van der Waals surface area contributed by atoms with Crippen molar-refractivity contribution in [1.29, 1.82) is 0 Å². The smallest absolute Gasteiger partial charge is 0.187 e. The Kier molecular flexibility index (Phi) is 5.93. The van der Waals surface area contributed by atoms with Gasteiger partial charge in [0.25, 0.3) is 0 Å². The number of thiocarbonyl (C=S) groups is 1. The van der Waals surface area contributed by atoms with Gasteiger partial charge in [-0.05, 0) is 52.8 Å². The van der Waals surface area contributed by atoms with Crippen LogP contribution >= 0.6 is 28.1 Å². The molecule has 6 heteroatoms. The van der Waals surface area contributed by atoms with Gasteiger partial charge in [0.05, 0.1) is 11.6 Å². The van der Waals surface area contributed by atoms with Gasteiger partial charge in [-0.3, -0.25) is 5.43 Å². The minimum Gasteiger partial charge on any atom is -0.496 e. The van der Waals surface area contributed by atoms with Crippen LogP contribution in [0.15, 0.2) is 27.8 Å². The molecular weight excluding hydrogens is 302 g/mol. The average molecular weight is 316 g/mol. The second-order valence-corrected chi connectivity index (χ2v) is 4.41. The highest BCUT2D eigenvalue weighted by Crippen LogP contribution is 2.25. The fourth-order valence-corrected chi connectivity index (χ4v) is 1.88. The van der Waals surface area contributed by atoms with Gasteiger partial charge in [0.2, 0.25) is 0 Å². The molecule has 0 saturated carbocycles. The van der Waals surface area contributed by atoms with E-state index in [9.17, 15) is 0 Å². The molecule has 0 aliphatic rings. The van der Waals surface area contributed by atoms with Crippen molar-refractivity contribution in [2.24, 2.45) is 5.10 Å². The van der Waals surface area contributed by atoms with E-state index in [1.807, 2.05) is 25.1 Å². The maximum atomic E-state index is 5.15. The van der Waals surface area contributed by atoms with Crippen LogP contribution in [0.2, 0.25) is 0 Å². The van der Waals surface area contributed by atoms with Gasteiger partial charge in [-0.25, -0.2) is 0 Å². The van der Waals surface area contributed by atoms with Crippen LogP contribution in [-0.4, -0.2) is 18.4 Å². The fourth-order valence-electron chi connectivity index (χ4n) is 1.16. The Labute approximate surface area is 115 Å². The van der Waals surface area contributed by atoms with E-state index in [0.717, 1.165) is 15.8 Å². The lowest BCUT2D eigenvalue weighted by molar-refractivity contribution is 0.412. The summed E-state index contributed by atoms with van der Waals surface area (Å²) in [5.74, 6) is 0.810. The molecule has 0 aromatic heterocycles. The predicted molar refractivity (Wildman–Crippen MR) is 77.4 cm³/mol. The first-order valence-electron chi connectivity index (χ1n) is 5.01. The molecule has 0 aliphatic heterocycles. The molecule has 0 heterocycles. The summed E-state index contributed by atoms with van der Waals surface area (Å²) in [6.45, 7) is 2.45. The van der Waals surface area contributed by atoms with Crippen molar-refractivity contribution in [2.45, 2.75) is 13.5 Å². The van der Waals surface area contributed by atoms with Crippen molar-refractivity contribution in [3.8, 4) is 5.75 Å². The van der Waals surface area contributed by atoms with Crippen molar-refractivity contribution >= 4 is 39.5 Å². The lowest BCUT2D eigenvalue weighted by atomic mass is 10.2. The third-order valence-corrected chi connectivity index (χ3v) is 2.82. The van der Waals surface area contributed by atoms with Crippen LogP contribution in [0.5, 0.6) is 5.75 Å². The minimum absolute atomic E-state index is 0.495. The monoisotopic (exact) mass is 315 g/mol. The van der Waals surface area contributed by atoms with Crippen molar-refractivity contribution < 1.29 is 4.74 Å². The third kappa shape index (κ3) is 4.70. The first-order chi connectivity index (χ1) is 8.17. The van der Waals surface area contributed by atoms with E-state index in [-0.39, 0.29) is 0 Å². The number of rotatable bonds is 4. The SMILES string of the molecule is C/C=N/NC(=S)NCc1ccc(OC)c(Br)c1. The first kappa shape index (κ1) is 13.9. The Balaban J connectivity index is 2.52. The molecule has 1 aromatic rings. The number of nitrogens with one attached hydrogen (secondary N) is 2. The van der Waals surface area contributed by atoms with Crippen molar-refractivity contribution in [2.75, 3.05) is 7.11 Å². The van der Waals surface area contributed by atoms with Gasteiger partial charge in [0.1, 0.15) is 5.75 Å². The molecular formula is C11H14BrN3OS. The maximum Gasteiger partial charge on any atom is 0.187 e. The molecule has 0 fully saturated rings. The van der Waals surface area contributed by atoms with Crippen LogP contribution in [0.1, 0.15) is 12.5 Å². The van der Waals surface area contributed by atoms with Crippen LogP contribution in [0, 0.1) is 0 Å². The van der Waals surface area contributed by atoms with E-state index >= 15 is 0 Å². The van der Waals surface area contributed by atoms with E-state index in [1.54, 1.807) is 13.3 Å². The summed E-state index contributed by atoms with van der Waals surface area (Å²) in [7, 11) is 1.64. The Morgan fingerprint density at radius 3 is 2.94 bits per heavy atom. The molecule has 0 amide bonds. The van der Waals surface area contributed by atoms with E-state index in [1.165, 1.54) is 0 Å². The van der Waals surface area contributed by atoms with E-state index in [4.69, 9.17) is 17.0 Å². The fraction of sp³-hybridized carbons (Fsp3) is 0.273. The van der Waals surface area contributed by atoms with Gasteiger partial charge >= 0.3 is 0 Å². The van der Waals surface area contributed by atoms with Gasteiger partial charge in [0.15, 0.2) is 5.11 Å². The Morgan fingerprint density at radius 2 is 2.35 bits per heavy atom. The topological polar surface area (TPSA) is 45.7 Å². The third-order valence-electron chi connectivity index (χ3n) is 1.96. The molecule has 17 heavy (non-hydrogen) atoms. The Morgan fingerprint density at radius 1 is 1.59 bits per heavy atom. The van der Waals surface area contributed by atoms with Crippen LogP contribution in [-0.2, 0) is 6.54 Å². The van der Waals surface area contributed by atoms with E-state index in [2.05, 4.69) is 31.8 Å².